The molecule has 2 aromatic carbocycles. The lowest BCUT2D eigenvalue weighted by atomic mass is 10.2. The van der Waals surface area contributed by atoms with Crippen LogP contribution in [-0.4, -0.2) is 19.2 Å². The zero-order chi connectivity index (χ0) is 15.2. The van der Waals surface area contributed by atoms with Crippen molar-refractivity contribution in [1.29, 1.82) is 0 Å². The van der Waals surface area contributed by atoms with E-state index in [9.17, 15) is 9.18 Å². The average molecular weight is 351 g/mol. The number of nitrogens with zero attached hydrogens (tertiary/aromatic N) is 1. The molecule has 0 aliphatic rings. The summed E-state index contributed by atoms with van der Waals surface area (Å²) >= 11 is 3.30. The highest BCUT2D eigenvalue weighted by Crippen LogP contribution is 2.22. The van der Waals surface area contributed by atoms with Gasteiger partial charge in [-0.3, -0.25) is 4.79 Å². The van der Waals surface area contributed by atoms with Crippen LogP contribution in [0.3, 0.4) is 0 Å². The molecule has 0 aliphatic carbocycles. The number of nitrogens with one attached hydrogen (secondary N) is 1. The molecule has 21 heavy (non-hydrogen) atoms. The van der Waals surface area contributed by atoms with Crippen molar-refractivity contribution < 1.29 is 13.9 Å². The molecule has 0 atom stereocenters. The molecule has 1 amide bonds. The van der Waals surface area contributed by atoms with Gasteiger partial charge in [-0.2, -0.15) is 5.10 Å². The number of hydrogen-bond acceptors (Lipinski definition) is 3. The monoisotopic (exact) mass is 350 g/mol. The number of methoxy groups -OCH3 is 1. The van der Waals surface area contributed by atoms with Crippen LogP contribution in [0.2, 0.25) is 0 Å². The number of halogens is 2. The third kappa shape index (κ3) is 4.13. The molecular formula is C15H12BrFN2O2. The molecule has 0 aliphatic heterocycles. The summed E-state index contributed by atoms with van der Waals surface area (Å²) in [6, 6.07) is 10.9. The van der Waals surface area contributed by atoms with E-state index in [4.69, 9.17) is 4.74 Å². The van der Waals surface area contributed by atoms with Gasteiger partial charge >= 0.3 is 0 Å². The number of hydrogen-bond donors (Lipinski definition) is 1. The second-order valence-corrected chi connectivity index (χ2v) is 5.01. The minimum absolute atomic E-state index is 0.324. The maximum absolute atomic E-state index is 12.7. The van der Waals surface area contributed by atoms with Crippen molar-refractivity contribution in [3.63, 3.8) is 0 Å². The number of carbonyl (C=O) groups is 1. The summed E-state index contributed by atoms with van der Waals surface area (Å²) in [4.78, 5) is 12.0. The van der Waals surface area contributed by atoms with Crippen molar-refractivity contribution in [3.8, 4) is 5.75 Å². The number of hydrazone groups is 1. The number of benzene rings is 2. The molecule has 0 bridgehead atoms. The normalized spacial score (nSPS) is 10.6. The van der Waals surface area contributed by atoms with E-state index in [0.29, 0.717) is 16.9 Å². The lowest BCUT2D eigenvalue weighted by Gasteiger charge is -2.07. The fourth-order valence-electron chi connectivity index (χ4n) is 1.63. The lowest BCUT2D eigenvalue weighted by Crippen LogP contribution is -2.18. The van der Waals surface area contributed by atoms with Crippen molar-refractivity contribution in [2.45, 2.75) is 0 Å². The van der Waals surface area contributed by atoms with E-state index < -0.39 is 5.91 Å². The first-order valence-corrected chi connectivity index (χ1v) is 6.82. The van der Waals surface area contributed by atoms with Gasteiger partial charge in [-0.25, -0.2) is 9.82 Å². The van der Waals surface area contributed by atoms with Crippen LogP contribution >= 0.6 is 15.9 Å². The molecule has 0 aromatic heterocycles. The molecule has 1 N–H and O–H groups in total. The Morgan fingerprint density at radius 1 is 1.29 bits per heavy atom. The Morgan fingerprint density at radius 2 is 2.00 bits per heavy atom. The molecule has 0 radical (unpaired) electrons. The lowest BCUT2D eigenvalue weighted by molar-refractivity contribution is 0.0952. The topological polar surface area (TPSA) is 50.7 Å². The SMILES string of the molecule is COc1ccc(Br)cc1C(=O)N/N=C/c1ccc(F)cc1. The zero-order valence-electron chi connectivity index (χ0n) is 11.1. The smallest absolute Gasteiger partial charge is 0.275 e. The van der Waals surface area contributed by atoms with Gasteiger partial charge in [0.1, 0.15) is 11.6 Å². The van der Waals surface area contributed by atoms with Gasteiger partial charge in [-0.05, 0) is 35.9 Å². The van der Waals surface area contributed by atoms with Crippen molar-refractivity contribution in [2.24, 2.45) is 5.10 Å². The Labute approximate surface area is 129 Å². The van der Waals surface area contributed by atoms with Gasteiger partial charge in [0.25, 0.3) is 5.91 Å². The molecule has 0 unspecified atom stereocenters. The van der Waals surface area contributed by atoms with Gasteiger partial charge in [0.15, 0.2) is 0 Å². The predicted molar refractivity (Wildman–Crippen MR) is 82.2 cm³/mol. The van der Waals surface area contributed by atoms with E-state index >= 15 is 0 Å². The van der Waals surface area contributed by atoms with E-state index in [1.165, 1.54) is 25.5 Å². The zero-order valence-corrected chi connectivity index (χ0v) is 12.7. The van der Waals surface area contributed by atoms with Crippen LogP contribution < -0.4 is 10.2 Å². The number of rotatable bonds is 4. The van der Waals surface area contributed by atoms with E-state index in [2.05, 4.69) is 26.5 Å². The number of carbonyl (C=O) groups excluding carboxylic acids is 1. The molecule has 0 heterocycles. The van der Waals surface area contributed by atoms with E-state index in [1.54, 1.807) is 30.3 Å². The summed E-state index contributed by atoms with van der Waals surface area (Å²) in [7, 11) is 1.49. The van der Waals surface area contributed by atoms with Crippen molar-refractivity contribution in [1.82, 2.24) is 5.43 Å². The first-order chi connectivity index (χ1) is 10.1. The van der Waals surface area contributed by atoms with Gasteiger partial charge in [-0.15, -0.1) is 0 Å². The van der Waals surface area contributed by atoms with Crippen LogP contribution in [0.25, 0.3) is 0 Å². The van der Waals surface area contributed by atoms with Gasteiger partial charge in [0.05, 0.1) is 18.9 Å². The Hall–Kier alpha value is -2.21. The van der Waals surface area contributed by atoms with Crippen LogP contribution in [0.5, 0.6) is 5.75 Å². The molecule has 4 nitrogen and oxygen atoms in total. The van der Waals surface area contributed by atoms with Crippen LogP contribution in [0, 0.1) is 5.82 Å². The fourth-order valence-corrected chi connectivity index (χ4v) is 1.99. The Bertz CT molecular complexity index is 672. The van der Waals surface area contributed by atoms with Gasteiger partial charge in [0, 0.05) is 4.47 Å². The van der Waals surface area contributed by atoms with E-state index in [1.807, 2.05) is 0 Å². The highest BCUT2D eigenvalue weighted by molar-refractivity contribution is 9.10. The van der Waals surface area contributed by atoms with E-state index in [0.717, 1.165) is 4.47 Å². The molecule has 0 spiro atoms. The maximum atomic E-state index is 12.7. The molecule has 6 heteroatoms. The van der Waals surface area contributed by atoms with Crippen molar-refractivity contribution in [3.05, 3.63) is 63.9 Å². The highest BCUT2D eigenvalue weighted by Gasteiger charge is 2.11. The third-order valence-electron chi connectivity index (χ3n) is 2.66. The summed E-state index contributed by atoms with van der Waals surface area (Å²) in [6.45, 7) is 0. The van der Waals surface area contributed by atoms with Gasteiger partial charge < -0.3 is 4.74 Å². The Balaban J connectivity index is 2.08. The first-order valence-electron chi connectivity index (χ1n) is 6.02. The number of ether oxygens (including phenoxy) is 1. The minimum Gasteiger partial charge on any atom is -0.496 e. The summed E-state index contributed by atoms with van der Waals surface area (Å²) in [5.41, 5.74) is 3.44. The Kier molecular flexibility index (Phi) is 5.05. The van der Waals surface area contributed by atoms with Gasteiger partial charge in [-0.1, -0.05) is 28.1 Å². The fraction of sp³-hybridized carbons (Fsp3) is 0.0667. The quantitative estimate of drug-likeness (QED) is 0.678. The number of amides is 1. The average Bonchev–Trinajstić information content (AvgIpc) is 2.49. The molecule has 0 fully saturated rings. The van der Waals surface area contributed by atoms with Crippen molar-refractivity contribution in [2.75, 3.05) is 7.11 Å². The second kappa shape index (κ2) is 6.99. The minimum atomic E-state index is -0.397. The van der Waals surface area contributed by atoms with Crippen molar-refractivity contribution >= 4 is 28.1 Å². The van der Waals surface area contributed by atoms with Crippen LogP contribution in [-0.2, 0) is 0 Å². The first kappa shape index (κ1) is 15.2. The summed E-state index contributed by atoms with van der Waals surface area (Å²) < 4.78 is 18.6. The van der Waals surface area contributed by atoms with Crippen LogP contribution in [0.4, 0.5) is 4.39 Å². The van der Waals surface area contributed by atoms with Crippen LogP contribution in [0.1, 0.15) is 15.9 Å². The summed E-state index contributed by atoms with van der Waals surface area (Å²) in [6.07, 6.45) is 1.43. The molecule has 108 valence electrons. The molecule has 2 rings (SSSR count). The molecule has 2 aromatic rings. The third-order valence-corrected chi connectivity index (χ3v) is 3.15. The summed E-state index contributed by atoms with van der Waals surface area (Å²) in [5.74, 6) is -0.269. The highest BCUT2D eigenvalue weighted by atomic mass is 79.9. The summed E-state index contributed by atoms with van der Waals surface area (Å²) in [5, 5.41) is 3.83. The predicted octanol–water partition coefficient (Wildman–Crippen LogP) is 3.36. The van der Waals surface area contributed by atoms with E-state index in [-0.39, 0.29) is 5.82 Å². The standard InChI is InChI=1S/C15H12BrFN2O2/c1-21-14-7-4-11(16)8-13(14)15(20)19-18-9-10-2-5-12(17)6-3-10/h2-9H,1H3,(H,19,20)/b18-9+. The second-order valence-electron chi connectivity index (χ2n) is 4.10. The molecule has 0 saturated heterocycles. The molecular weight excluding hydrogens is 339 g/mol. The van der Waals surface area contributed by atoms with Crippen LogP contribution in [0.15, 0.2) is 52.0 Å². The maximum Gasteiger partial charge on any atom is 0.275 e. The molecule has 0 saturated carbocycles. The largest absolute Gasteiger partial charge is 0.496 e. The Morgan fingerprint density at radius 3 is 2.67 bits per heavy atom. The van der Waals surface area contributed by atoms with Gasteiger partial charge in [0.2, 0.25) is 0 Å².